The summed E-state index contributed by atoms with van der Waals surface area (Å²) in [6.45, 7) is 3.81. The Kier molecular flexibility index (Phi) is 4.99. The minimum atomic E-state index is -0.168. The Morgan fingerprint density at radius 3 is 2.21 bits per heavy atom. The first-order chi connectivity index (χ1) is 14.1. The van der Waals surface area contributed by atoms with Crippen LogP contribution in [-0.2, 0) is 0 Å². The third-order valence-electron chi connectivity index (χ3n) is 5.16. The molecule has 0 bridgehead atoms. The number of pyridine rings is 1. The lowest BCUT2D eigenvalue weighted by atomic mass is 10.2. The lowest BCUT2D eigenvalue weighted by Crippen LogP contribution is -2.50. The molecule has 8 nitrogen and oxygen atoms in total. The quantitative estimate of drug-likeness (QED) is 0.735. The SMILES string of the molecule is Cc1ccccc1-n1ncc(C(=O)N2CCN(C(=O)c3ccncc3)CC2)c1N. The van der Waals surface area contributed by atoms with Gasteiger partial charge in [-0.3, -0.25) is 14.6 Å². The van der Waals surface area contributed by atoms with Crippen molar-refractivity contribution in [3.63, 3.8) is 0 Å². The highest BCUT2D eigenvalue weighted by atomic mass is 16.2. The molecule has 0 atom stereocenters. The number of hydrogen-bond donors (Lipinski definition) is 1. The minimum absolute atomic E-state index is 0.0496. The number of rotatable bonds is 3. The van der Waals surface area contributed by atoms with Crippen molar-refractivity contribution in [2.45, 2.75) is 6.92 Å². The number of aromatic nitrogens is 3. The second-order valence-electron chi connectivity index (χ2n) is 6.96. The van der Waals surface area contributed by atoms with E-state index in [-0.39, 0.29) is 11.8 Å². The van der Waals surface area contributed by atoms with E-state index in [1.54, 1.807) is 39.0 Å². The van der Waals surface area contributed by atoms with Crippen molar-refractivity contribution < 1.29 is 9.59 Å². The van der Waals surface area contributed by atoms with Crippen molar-refractivity contribution in [1.82, 2.24) is 24.6 Å². The number of para-hydroxylation sites is 1. The number of benzene rings is 1. The average Bonchev–Trinajstić information content (AvgIpc) is 3.15. The average molecular weight is 390 g/mol. The van der Waals surface area contributed by atoms with E-state index in [0.717, 1.165) is 11.3 Å². The number of carbonyl (C=O) groups is 2. The summed E-state index contributed by atoms with van der Waals surface area (Å²) in [5.41, 5.74) is 9.09. The number of nitrogens with zero attached hydrogens (tertiary/aromatic N) is 5. The molecule has 1 aliphatic heterocycles. The molecule has 3 aromatic rings. The van der Waals surface area contributed by atoms with Crippen molar-refractivity contribution >= 4 is 17.6 Å². The van der Waals surface area contributed by atoms with E-state index in [0.29, 0.717) is 43.1 Å². The summed E-state index contributed by atoms with van der Waals surface area (Å²) >= 11 is 0. The van der Waals surface area contributed by atoms with Gasteiger partial charge in [0.05, 0.1) is 11.9 Å². The van der Waals surface area contributed by atoms with Gasteiger partial charge in [-0.2, -0.15) is 5.10 Å². The lowest BCUT2D eigenvalue weighted by Gasteiger charge is -2.34. The van der Waals surface area contributed by atoms with E-state index in [9.17, 15) is 9.59 Å². The second kappa shape index (κ2) is 7.75. The maximum absolute atomic E-state index is 13.0. The molecule has 1 saturated heterocycles. The van der Waals surface area contributed by atoms with Gasteiger partial charge in [-0.1, -0.05) is 18.2 Å². The first-order valence-electron chi connectivity index (χ1n) is 9.44. The number of carbonyl (C=O) groups excluding carboxylic acids is 2. The van der Waals surface area contributed by atoms with Crippen molar-refractivity contribution in [2.24, 2.45) is 0 Å². The van der Waals surface area contributed by atoms with Gasteiger partial charge in [-0.15, -0.1) is 0 Å². The highest BCUT2D eigenvalue weighted by molar-refractivity contribution is 5.99. The van der Waals surface area contributed by atoms with Gasteiger partial charge in [0, 0.05) is 44.1 Å². The largest absolute Gasteiger partial charge is 0.383 e. The fourth-order valence-electron chi connectivity index (χ4n) is 3.48. The van der Waals surface area contributed by atoms with E-state index in [2.05, 4.69) is 10.1 Å². The number of nitrogen functional groups attached to an aromatic ring is 1. The zero-order valence-electron chi connectivity index (χ0n) is 16.2. The maximum atomic E-state index is 13.0. The summed E-state index contributed by atoms with van der Waals surface area (Å²) in [6, 6.07) is 11.1. The molecular formula is C21H22N6O2. The van der Waals surface area contributed by atoms with Crippen molar-refractivity contribution in [3.8, 4) is 5.69 Å². The smallest absolute Gasteiger partial charge is 0.259 e. The van der Waals surface area contributed by atoms with Gasteiger partial charge in [0.25, 0.3) is 11.8 Å². The molecule has 0 saturated carbocycles. The summed E-state index contributed by atoms with van der Waals surface area (Å²) in [5, 5.41) is 4.32. The highest BCUT2D eigenvalue weighted by Crippen LogP contribution is 2.21. The summed E-state index contributed by atoms with van der Waals surface area (Å²) in [6.07, 6.45) is 4.71. The maximum Gasteiger partial charge on any atom is 0.259 e. The molecule has 2 amide bonds. The number of hydrogen-bond acceptors (Lipinski definition) is 5. The molecule has 2 N–H and O–H groups in total. The van der Waals surface area contributed by atoms with Crippen LogP contribution < -0.4 is 5.73 Å². The third-order valence-corrected chi connectivity index (χ3v) is 5.16. The second-order valence-corrected chi connectivity index (χ2v) is 6.96. The molecule has 0 unspecified atom stereocenters. The van der Waals surface area contributed by atoms with Crippen molar-refractivity contribution in [3.05, 3.63) is 71.7 Å². The van der Waals surface area contributed by atoms with Gasteiger partial charge in [-0.05, 0) is 30.7 Å². The minimum Gasteiger partial charge on any atom is -0.383 e. The molecule has 1 fully saturated rings. The summed E-state index contributed by atoms with van der Waals surface area (Å²) < 4.78 is 1.59. The number of anilines is 1. The number of piperazine rings is 1. The Balaban J connectivity index is 1.45. The Morgan fingerprint density at radius 2 is 1.55 bits per heavy atom. The van der Waals surface area contributed by atoms with Crippen LogP contribution in [0.1, 0.15) is 26.3 Å². The zero-order valence-corrected chi connectivity index (χ0v) is 16.2. The van der Waals surface area contributed by atoms with Gasteiger partial charge in [0.15, 0.2) is 0 Å². The van der Waals surface area contributed by atoms with Crippen LogP contribution in [0.15, 0.2) is 55.0 Å². The monoisotopic (exact) mass is 390 g/mol. The molecule has 2 aromatic heterocycles. The van der Waals surface area contributed by atoms with Gasteiger partial charge in [0.1, 0.15) is 11.4 Å². The Bertz CT molecular complexity index is 1040. The molecule has 3 heterocycles. The normalized spacial score (nSPS) is 14.1. The molecule has 4 rings (SSSR count). The van der Waals surface area contributed by atoms with Gasteiger partial charge < -0.3 is 15.5 Å². The number of aryl methyl sites for hydroxylation is 1. The molecule has 0 aliphatic carbocycles. The van der Waals surface area contributed by atoms with E-state index in [1.807, 2.05) is 31.2 Å². The van der Waals surface area contributed by atoms with Gasteiger partial charge in [0.2, 0.25) is 0 Å². The molecule has 0 radical (unpaired) electrons. The van der Waals surface area contributed by atoms with Crippen LogP contribution in [0.25, 0.3) is 5.69 Å². The number of nitrogens with two attached hydrogens (primary N) is 1. The predicted octanol–water partition coefficient (Wildman–Crippen LogP) is 1.76. The zero-order chi connectivity index (χ0) is 20.4. The highest BCUT2D eigenvalue weighted by Gasteiger charge is 2.28. The van der Waals surface area contributed by atoms with E-state index in [4.69, 9.17) is 5.73 Å². The molecule has 148 valence electrons. The Labute approximate surface area is 168 Å². The van der Waals surface area contributed by atoms with Crippen molar-refractivity contribution in [2.75, 3.05) is 31.9 Å². The van der Waals surface area contributed by atoms with E-state index in [1.165, 1.54) is 6.20 Å². The Morgan fingerprint density at radius 1 is 0.931 bits per heavy atom. The fraction of sp³-hybridized carbons (Fsp3) is 0.238. The summed E-state index contributed by atoms with van der Waals surface area (Å²) in [7, 11) is 0. The molecule has 1 aromatic carbocycles. The summed E-state index contributed by atoms with van der Waals surface area (Å²) in [4.78, 5) is 32.9. The first-order valence-corrected chi connectivity index (χ1v) is 9.44. The van der Waals surface area contributed by atoms with Crippen LogP contribution >= 0.6 is 0 Å². The van der Waals surface area contributed by atoms with Crippen LogP contribution in [0.5, 0.6) is 0 Å². The van der Waals surface area contributed by atoms with Crippen LogP contribution in [0, 0.1) is 6.92 Å². The van der Waals surface area contributed by atoms with Gasteiger partial charge >= 0.3 is 0 Å². The third kappa shape index (κ3) is 3.56. The summed E-state index contributed by atoms with van der Waals surface area (Å²) in [5.74, 6) is 0.101. The van der Waals surface area contributed by atoms with Gasteiger partial charge in [-0.25, -0.2) is 4.68 Å². The predicted molar refractivity (Wildman–Crippen MR) is 109 cm³/mol. The van der Waals surface area contributed by atoms with Crippen LogP contribution in [0.3, 0.4) is 0 Å². The van der Waals surface area contributed by atoms with Crippen LogP contribution in [-0.4, -0.2) is 62.6 Å². The first kappa shape index (κ1) is 18.7. The standard InChI is InChI=1S/C21H22N6O2/c1-15-4-2-3-5-18(15)27-19(22)17(14-24-27)21(29)26-12-10-25(11-13-26)20(28)16-6-8-23-9-7-16/h2-9,14H,10-13,22H2,1H3. The number of amides is 2. The fourth-order valence-corrected chi connectivity index (χ4v) is 3.48. The molecular weight excluding hydrogens is 368 g/mol. The Hall–Kier alpha value is -3.68. The van der Waals surface area contributed by atoms with E-state index >= 15 is 0 Å². The lowest BCUT2D eigenvalue weighted by molar-refractivity contribution is 0.0536. The molecule has 0 spiro atoms. The molecule has 8 heteroatoms. The van der Waals surface area contributed by atoms with E-state index < -0.39 is 0 Å². The molecule has 29 heavy (non-hydrogen) atoms. The topological polar surface area (TPSA) is 97.4 Å². The van der Waals surface area contributed by atoms with Crippen LogP contribution in [0.2, 0.25) is 0 Å². The van der Waals surface area contributed by atoms with Crippen LogP contribution in [0.4, 0.5) is 5.82 Å². The van der Waals surface area contributed by atoms with Crippen molar-refractivity contribution in [1.29, 1.82) is 0 Å². The molecule has 1 aliphatic rings.